The van der Waals surface area contributed by atoms with Crippen molar-refractivity contribution < 1.29 is 14.3 Å². The number of hydrogen-bond acceptors (Lipinski definition) is 5. The monoisotopic (exact) mass is 409 g/mol. The number of hydrogen-bond donors (Lipinski definition) is 1. The Kier molecular flexibility index (Phi) is 5.65. The third-order valence-corrected chi connectivity index (χ3v) is 5.40. The molecule has 0 unspecified atom stereocenters. The minimum atomic E-state index is -0.131. The number of anilines is 2. The lowest BCUT2D eigenvalue weighted by atomic mass is 10.2. The van der Waals surface area contributed by atoms with Gasteiger partial charge < -0.3 is 29.2 Å². The van der Waals surface area contributed by atoms with Gasteiger partial charge in [0.1, 0.15) is 11.5 Å². The molecule has 158 valence electrons. The van der Waals surface area contributed by atoms with Crippen LogP contribution in [0.2, 0.25) is 0 Å². The first-order valence-electron chi connectivity index (χ1n) is 10.1. The largest absolute Gasteiger partial charge is 0.497 e. The highest BCUT2D eigenvalue weighted by Crippen LogP contribution is 2.27. The van der Waals surface area contributed by atoms with Gasteiger partial charge in [0.15, 0.2) is 0 Å². The lowest BCUT2D eigenvalue weighted by Crippen LogP contribution is -2.50. The van der Waals surface area contributed by atoms with Crippen molar-refractivity contribution in [3.63, 3.8) is 0 Å². The molecule has 0 atom stereocenters. The van der Waals surface area contributed by atoms with Gasteiger partial charge >= 0.3 is 6.03 Å². The number of fused-ring (bicyclic) bond motifs is 1. The summed E-state index contributed by atoms with van der Waals surface area (Å²) in [5.74, 6) is 2.23. The van der Waals surface area contributed by atoms with E-state index in [1.165, 1.54) is 0 Å². The number of imidazole rings is 1. The molecule has 4 rings (SSSR count). The molecular weight excluding hydrogens is 382 g/mol. The molecule has 0 aliphatic carbocycles. The van der Waals surface area contributed by atoms with Crippen LogP contribution in [0.5, 0.6) is 11.5 Å². The number of methoxy groups -OCH3 is 2. The normalized spacial score (nSPS) is 14.1. The average molecular weight is 409 g/mol. The molecule has 1 saturated heterocycles. The van der Waals surface area contributed by atoms with Crippen LogP contribution in [-0.4, -0.2) is 60.9 Å². The Morgan fingerprint density at radius 3 is 2.33 bits per heavy atom. The number of aromatic nitrogens is 2. The standard InChI is InChI=1S/C22H27N5O3/c1-4-27-20-8-6-5-7-19(20)24-21(27)25-9-11-26(12-10-25)22(28)23-16-13-17(29-2)15-18(14-16)30-3/h5-8,13-15H,4,9-12H2,1-3H3,(H,23,28). The maximum atomic E-state index is 12.8. The number of amides is 2. The van der Waals surface area contributed by atoms with Crippen LogP contribution < -0.4 is 19.7 Å². The van der Waals surface area contributed by atoms with E-state index in [1.54, 1.807) is 32.4 Å². The molecule has 1 aromatic heterocycles. The highest BCUT2D eigenvalue weighted by atomic mass is 16.5. The second kappa shape index (κ2) is 8.52. The van der Waals surface area contributed by atoms with Gasteiger partial charge in [-0.3, -0.25) is 0 Å². The van der Waals surface area contributed by atoms with E-state index in [0.717, 1.165) is 36.6 Å². The number of carbonyl (C=O) groups is 1. The summed E-state index contributed by atoms with van der Waals surface area (Å²) in [6, 6.07) is 13.4. The van der Waals surface area contributed by atoms with Crippen molar-refractivity contribution >= 4 is 28.7 Å². The average Bonchev–Trinajstić information content (AvgIpc) is 3.17. The Hall–Kier alpha value is -3.42. The fraction of sp³-hybridized carbons (Fsp3) is 0.364. The summed E-state index contributed by atoms with van der Waals surface area (Å²) in [5, 5.41) is 2.95. The zero-order valence-electron chi connectivity index (χ0n) is 17.6. The van der Waals surface area contributed by atoms with Crippen molar-refractivity contribution in [2.75, 3.05) is 50.6 Å². The van der Waals surface area contributed by atoms with Crippen molar-refractivity contribution in [2.24, 2.45) is 0 Å². The lowest BCUT2D eigenvalue weighted by molar-refractivity contribution is 0.208. The predicted octanol–water partition coefficient (Wildman–Crippen LogP) is 3.43. The SMILES string of the molecule is CCn1c(N2CCN(C(=O)Nc3cc(OC)cc(OC)c3)CC2)nc2ccccc21. The van der Waals surface area contributed by atoms with Gasteiger partial charge in [0.2, 0.25) is 5.95 Å². The van der Waals surface area contributed by atoms with E-state index in [0.29, 0.717) is 30.3 Å². The Bertz CT molecular complexity index is 1020. The summed E-state index contributed by atoms with van der Waals surface area (Å²) in [7, 11) is 3.17. The summed E-state index contributed by atoms with van der Waals surface area (Å²) in [6.07, 6.45) is 0. The van der Waals surface area contributed by atoms with E-state index in [4.69, 9.17) is 14.5 Å². The van der Waals surface area contributed by atoms with Crippen LogP contribution >= 0.6 is 0 Å². The third-order valence-electron chi connectivity index (χ3n) is 5.40. The molecule has 2 amide bonds. The smallest absolute Gasteiger partial charge is 0.321 e. The molecule has 0 bridgehead atoms. The minimum Gasteiger partial charge on any atom is -0.497 e. The molecule has 1 aliphatic rings. The molecule has 2 heterocycles. The Morgan fingerprint density at radius 1 is 1.03 bits per heavy atom. The van der Waals surface area contributed by atoms with Crippen LogP contribution in [0.15, 0.2) is 42.5 Å². The fourth-order valence-electron chi connectivity index (χ4n) is 3.81. The molecule has 8 heteroatoms. The maximum Gasteiger partial charge on any atom is 0.321 e. The first kappa shape index (κ1) is 19.9. The minimum absolute atomic E-state index is 0.131. The molecule has 0 spiro atoms. The second-order valence-electron chi connectivity index (χ2n) is 7.15. The van der Waals surface area contributed by atoms with E-state index in [-0.39, 0.29) is 6.03 Å². The van der Waals surface area contributed by atoms with Gasteiger partial charge in [0.05, 0.1) is 25.3 Å². The second-order valence-corrected chi connectivity index (χ2v) is 7.15. The molecule has 0 saturated carbocycles. The van der Waals surface area contributed by atoms with Crippen LogP contribution in [0, 0.1) is 0 Å². The maximum absolute atomic E-state index is 12.8. The number of benzene rings is 2. The number of nitrogens with one attached hydrogen (secondary N) is 1. The number of rotatable bonds is 5. The molecule has 1 aliphatic heterocycles. The van der Waals surface area contributed by atoms with Gasteiger partial charge in [-0.2, -0.15) is 0 Å². The predicted molar refractivity (Wildman–Crippen MR) is 118 cm³/mol. The Balaban J connectivity index is 1.43. The Morgan fingerprint density at radius 2 is 1.70 bits per heavy atom. The van der Waals surface area contributed by atoms with Crippen molar-refractivity contribution in [3.8, 4) is 11.5 Å². The van der Waals surface area contributed by atoms with Crippen LogP contribution in [0.4, 0.5) is 16.4 Å². The van der Waals surface area contributed by atoms with Gasteiger partial charge in [-0.25, -0.2) is 9.78 Å². The molecule has 2 aromatic carbocycles. The van der Waals surface area contributed by atoms with Crippen LogP contribution in [0.25, 0.3) is 11.0 Å². The molecule has 1 N–H and O–H groups in total. The first-order chi connectivity index (χ1) is 14.6. The summed E-state index contributed by atoms with van der Waals surface area (Å²) < 4.78 is 12.8. The number of piperazine rings is 1. The third kappa shape index (κ3) is 3.85. The zero-order valence-corrected chi connectivity index (χ0v) is 17.6. The van der Waals surface area contributed by atoms with Crippen LogP contribution in [0.3, 0.4) is 0 Å². The summed E-state index contributed by atoms with van der Waals surface area (Å²) in [4.78, 5) is 21.7. The highest BCUT2D eigenvalue weighted by Gasteiger charge is 2.24. The van der Waals surface area contributed by atoms with Crippen molar-refractivity contribution in [1.82, 2.24) is 14.5 Å². The van der Waals surface area contributed by atoms with Crippen molar-refractivity contribution in [1.29, 1.82) is 0 Å². The van der Waals surface area contributed by atoms with E-state index in [2.05, 4.69) is 27.8 Å². The van der Waals surface area contributed by atoms with Crippen molar-refractivity contribution in [2.45, 2.75) is 13.5 Å². The number of carbonyl (C=O) groups excluding carboxylic acids is 1. The first-order valence-corrected chi connectivity index (χ1v) is 10.1. The topological polar surface area (TPSA) is 71.9 Å². The number of aryl methyl sites for hydroxylation is 1. The number of nitrogens with zero attached hydrogens (tertiary/aromatic N) is 4. The van der Waals surface area contributed by atoms with Gasteiger partial charge in [-0.15, -0.1) is 0 Å². The molecular formula is C22H27N5O3. The zero-order chi connectivity index (χ0) is 21.1. The van der Waals surface area contributed by atoms with E-state index >= 15 is 0 Å². The summed E-state index contributed by atoms with van der Waals surface area (Å²) in [6.45, 7) is 5.70. The molecule has 30 heavy (non-hydrogen) atoms. The molecule has 0 radical (unpaired) electrons. The number of urea groups is 1. The van der Waals surface area contributed by atoms with E-state index in [1.807, 2.05) is 23.1 Å². The van der Waals surface area contributed by atoms with Crippen LogP contribution in [0.1, 0.15) is 6.92 Å². The van der Waals surface area contributed by atoms with Gasteiger partial charge in [-0.05, 0) is 19.1 Å². The quantitative estimate of drug-likeness (QED) is 0.699. The highest BCUT2D eigenvalue weighted by molar-refractivity contribution is 5.90. The van der Waals surface area contributed by atoms with Crippen LogP contribution in [-0.2, 0) is 6.54 Å². The fourth-order valence-corrected chi connectivity index (χ4v) is 3.81. The summed E-state index contributed by atoms with van der Waals surface area (Å²) in [5.41, 5.74) is 2.79. The number of ether oxygens (including phenoxy) is 2. The molecule has 8 nitrogen and oxygen atoms in total. The van der Waals surface area contributed by atoms with E-state index < -0.39 is 0 Å². The van der Waals surface area contributed by atoms with Gasteiger partial charge in [-0.1, -0.05) is 12.1 Å². The Labute approximate surface area is 176 Å². The van der Waals surface area contributed by atoms with Gasteiger partial charge in [0, 0.05) is 56.6 Å². The molecule has 1 fully saturated rings. The van der Waals surface area contributed by atoms with Crippen molar-refractivity contribution in [3.05, 3.63) is 42.5 Å². The van der Waals surface area contributed by atoms with E-state index in [9.17, 15) is 4.79 Å². The lowest BCUT2D eigenvalue weighted by Gasteiger charge is -2.35. The molecule has 3 aromatic rings. The summed E-state index contributed by atoms with van der Waals surface area (Å²) >= 11 is 0. The van der Waals surface area contributed by atoms with Gasteiger partial charge in [0.25, 0.3) is 0 Å². The number of para-hydroxylation sites is 2.